The third kappa shape index (κ3) is 3.09. The first-order valence-electron chi connectivity index (χ1n) is 15.1. The molecule has 0 saturated heterocycles. The van der Waals surface area contributed by atoms with E-state index in [9.17, 15) is 0 Å². The third-order valence-electron chi connectivity index (χ3n) is 9.98. The summed E-state index contributed by atoms with van der Waals surface area (Å²) < 4.78 is 2.30. The van der Waals surface area contributed by atoms with E-state index in [1.165, 1.54) is 49.7 Å². The van der Waals surface area contributed by atoms with E-state index in [1.54, 1.807) is 0 Å². The summed E-state index contributed by atoms with van der Waals surface area (Å²) in [5.74, 6) is 0.713. The van der Waals surface area contributed by atoms with E-state index in [0.29, 0.717) is 5.95 Å². The molecule has 9 rings (SSSR count). The number of benzene rings is 5. The largest absolute Gasteiger partial charge is 0.278 e. The van der Waals surface area contributed by atoms with E-state index in [-0.39, 0.29) is 10.8 Å². The Morgan fingerprint density at radius 1 is 0.488 bits per heavy atom. The molecule has 2 aliphatic carbocycles. The van der Waals surface area contributed by atoms with Crippen molar-refractivity contribution in [1.29, 1.82) is 0 Å². The predicted molar refractivity (Wildman–Crippen MR) is 177 cm³/mol. The molecule has 0 N–H and O–H groups in total. The first-order chi connectivity index (χ1) is 20.9. The Balaban J connectivity index is 1.42. The minimum Gasteiger partial charge on any atom is -0.278 e. The van der Waals surface area contributed by atoms with Crippen LogP contribution in [0.2, 0.25) is 0 Å². The molecule has 2 heterocycles. The zero-order valence-electron chi connectivity index (χ0n) is 24.8. The molecule has 43 heavy (non-hydrogen) atoms. The van der Waals surface area contributed by atoms with E-state index in [4.69, 9.17) is 9.97 Å². The molecule has 0 aliphatic heterocycles. The molecule has 2 aliphatic rings. The van der Waals surface area contributed by atoms with E-state index in [0.717, 1.165) is 28.0 Å². The zero-order chi connectivity index (χ0) is 29.1. The summed E-state index contributed by atoms with van der Waals surface area (Å²) in [4.78, 5) is 10.9. The van der Waals surface area contributed by atoms with Crippen LogP contribution >= 0.6 is 0 Å². The second kappa shape index (κ2) is 8.29. The Morgan fingerprint density at radius 3 is 1.88 bits per heavy atom. The van der Waals surface area contributed by atoms with Crippen LogP contribution in [0.5, 0.6) is 0 Å². The van der Waals surface area contributed by atoms with Gasteiger partial charge in [0.2, 0.25) is 5.95 Å². The Hall–Kier alpha value is -5.02. The highest BCUT2D eigenvalue weighted by Gasteiger charge is 2.41. The molecule has 0 amide bonds. The molecule has 2 aromatic heterocycles. The van der Waals surface area contributed by atoms with Crippen LogP contribution in [0.15, 0.2) is 115 Å². The van der Waals surface area contributed by atoms with Crippen molar-refractivity contribution in [3.8, 4) is 39.6 Å². The molecule has 0 unspecified atom stereocenters. The van der Waals surface area contributed by atoms with Crippen LogP contribution in [0.25, 0.3) is 61.4 Å². The number of para-hydroxylation sites is 1. The van der Waals surface area contributed by atoms with Gasteiger partial charge < -0.3 is 0 Å². The zero-order valence-corrected chi connectivity index (χ0v) is 24.8. The summed E-state index contributed by atoms with van der Waals surface area (Å²) in [7, 11) is 0. The summed E-state index contributed by atoms with van der Waals surface area (Å²) in [5.41, 5.74) is 14.2. The van der Waals surface area contributed by atoms with Crippen LogP contribution in [-0.2, 0) is 10.8 Å². The number of rotatable bonds is 2. The van der Waals surface area contributed by atoms with Crippen LogP contribution in [0.4, 0.5) is 0 Å². The topological polar surface area (TPSA) is 30.7 Å². The van der Waals surface area contributed by atoms with Crippen LogP contribution in [0.3, 0.4) is 0 Å². The maximum atomic E-state index is 5.46. The lowest BCUT2D eigenvalue weighted by atomic mass is 9.80. The summed E-state index contributed by atoms with van der Waals surface area (Å²) >= 11 is 0. The van der Waals surface area contributed by atoms with Gasteiger partial charge >= 0.3 is 0 Å². The van der Waals surface area contributed by atoms with Crippen LogP contribution < -0.4 is 0 Å². The van der Waals surface area contributed by atoms with E-state index >= 15 is 0 Å². The van der Waals surface area contributed by atoms with Gasteiger partial charge in [0.05, 0.1) is 22.4 Å². The normalized spacial score (nSPS) is 15.3. The maximum absolute atomic E-state index is 5.46. The lowest BCUT2D eigenvalue weighted by molar-refractivity contribution is 0.657. The number of aromatic nitrogens is 3. The molecule has 0 saturated carbocycles. The number of hydrogen-bond acceptors (Lipinski definition) is 2. The van der Waals surface area contributed by atoms with E-state index in [2.05, 4.69) is 148 Å². The molecule has 0 atom stereocenters. The molecule has 3 nitrogen and oxygen atoms in total. The minimum absolute atomic E-state index is 0.128. The summed E-state index contributed by atoms with van der Waals surface area (Å²) in [6, 6.07) is 41.5. The fourth-order valence-electron chi connectivity index (χ4n) is 8.06. The van der Waals surface area contributed by atoms with E-state index < -0.39 is 0 Å². The van der Waals surface area contributed by atoms with Gasteiger partial charge in [-0.05, 0) is 39.9 Å². The van der Waals surface area contributed by atoms with Crippen LogP contribution in [0.1, 0.15) is 49.9 Å². The van der Waals surface area contributed by atoms with Gasteiger partial charge in [-0.1, -0.05) is 131 Å². The highest BCUT2D eigenvalue weighted by atomic mass is 15.2. The third-order valence-corrected chi connectivity index (χ3v) is 9.98. The van der Waals surface area contributed by atoms with Gasteiger partial charge in [-0.2, -0.15) is 0 Å². The first kappa shape index (κ1) is 24.6. The van der Waals surface area contributed by atoms with Crippen molar-refractivity contribution in [2.75, 3.05) is 0 Å². The van der Waals surface area contributed by atoms with Crippen molar-refractivity contribution in [2.24, 2.45) is 0 Å². The van der Waals surface area contributed by atoms with Gasteiger partial charge in [-0.15, -0.1) is 0 Å². The average molecular weight is 554 g/mol. The average Bonchev–Trinajstić information content (AvgIpc) is 3.58. The fourth-order valence-corrected chi connectivity index (χ4v) is 8.06. The first-order valence-corrected chi connectivity index (χ1v) is 15.1. The van der Waals surface area contributed by atoms with Gasteiger partial charge in [0.1, 0.15) is 0 Å². The molecule has 5 aromatic carbocycles. The lowest BCUT2D eigenvalue weighted by Crippen LogP contribution is -2.18. The predicted octanol–water partition coefficient (Wildman–Crippen LogP) is 9.85. The summed E-state index contributed by atoms with van der Waals surface area (Å²) in [6.07, 6.45) is 0. The fraction of sp³-hybridized carbons (Fsp3) is 0.150. The molecular weight excluding hydrogens is 522 g/mol. The monoisotopic (exact) mass is 553 g/mol. The quantitative estimate of drug-likeness (QED) is 0.213. The van der Waals surface area contributed by atoms with Crippen molar-refractivity contribution in [1.82, 2.24) is 14.5 Å². The molecule has 0 radical (unpaired) electrons. The molecule has 0 bridgehead atoms. The van der Waals surface area contributed by atoms with Crippen molar-refractivity contribution in [2.45, 2.75) is 38.5 Å². The number of nitrogens with zero attached hydrogens (tertiary/aromatic N) is 3. The van der Waals surface area contributed by atoms with Gasteiger partial charge in [0, 0.05) is 38.3 Å². The standard InChI is InChI=1S/C40H31N3/c1-39(2)29-19-11-8-16-25(29)26-22-23-32-33(34(26)39)28-18-10-13-21-31(28)43(32)38-41-36(24-14-6-5-7-15-24)35-37(42-38)27-17-9-12-20-30(27)40(35,3)4/h5-23H,1-4H3. The Kier molecular flexibility index (Phi) is 4.74. The minimum atomic E-state index is -0.215. The molecule has 7 aromatic rings. The van der Waals surface area contributed by atoms with Crippen LogP contribution in [0, 0.1) is 0 Å². The highest BCUT2D eigenvalue weighted by Crippen LogP contribution is 2.54. The van der Waals surface area contributed by atoms with Gasteiger partial charge in [0.25, 0.3) is 0 Å². The Morgan fingerprint density at radius 2 is 1.09 bits per heavy atom. The second-order valence-corrected chi connectivity index (χ2v) is 13.0. The van der Waals surface area contributed by atoms with Gasteiger partial charge in [-0.25, -0.2) is 9.97 Å². The SMILES string of the molecule is CC1(C)c2ccccc2-c2nc(-n3c4ccccc4c4c5c(ccc43)-c3ccccc3C5(C)C)nc(-c3ccccc3)c21. The summed E-state index contributed by atoms with van der Waals surface area (Å²) in [6.45, 7) is 9.33. The molecule has 0 spiro atoms. The van der Waals surface area contributed by atoms with Crippen LogP contribution in [-0.4, -0.2) is 14.5 Å². The Bertz CT molecular complexity index is 2290. The molecular formula is C40H31N3. The van der Waals surface area contributed by atoms with Crippen molar-refractivity contribution < 1.29 is 0 Å². The Labute approximate surface area is 251 Å². The van der Waals surface area contributed by atoms with Crippen molar-refractivity contribution in [3.05, 3.63) is 138 Å². The second-order valence-electron chi connectivity index (χ2n) is 13.0. The molecule has 206 valence electrons. The number of hydrogen-bond donors (Lipinski definition) is 0. The summed E-state index contributed by atoms with van der Waals surface area (Å²) in [5, 5.41) is 2.53. The molecule has 3 heteroatoms. The van der Waals surface area contributed by atoms with Gasteiger partial charge in [-0.3, -0.25) is 4.57 Å². The smallest absolute Gasteiger partial charge is 0.235 e. The number of fused-ring (bicyclic) bond motifs is 10. The van der Waals surface area contributed by atoms with Gasteiger partial charge in [0.15, 0.2) is 0 Å². The van der Waals surface area contributed by atoms with E-state index in [1.807, 2.05) is 0 Å². The highest BCUT2D eigenvalue weighted by molar-refractivity contribution is 6.14. The lowest BCUT2D eigenvalue weighted by Gasteiger charge is -2.24. The van der Waals surface area contributed by atoms with Crippen molar-refractivity contribution in [3.63, 3.8) is 0 Å². The van der Waals surface area contributed by atoms with Crippen molar-refractivity contribution >= 4 is 21.8 Å². The maximum Gasteiger partial charge on any atom is 0.235 e. The molecule has 0 fully saturated rings.